The van der Waals surface area contributed by atoms with Crippen molar-refractivity contribution in [1.29, 1.82) is 5.26 Å². The predicted molar refractivity (Wildman–Crippen MR) is 58.8 cm³/mol. The minimum Gasteiger partial charge on any atom is -0.310 e. The summed E-state index contributed by atoms with van der Waals surface area (Å²) in [5.41, 5.74) is 0. The molecule has 2 nitrogen and oxygen atoms in total. The van der Waals surface area contributed by atoms with Gasteiger partial charge in [-0.2, -0.15) is 5.26 Å². The zero-order chi connectivity index (χ0) is 10.4. The van der Waals surface area contributed by atoms with Crippen LogP contribution in [0.3, 0.4) is 0 Å². The summed E-state index contributed by atoms with van der Waals surface area (Å²) in [5, 5.41) is 12.5. The molecular weight excluding hydrogens is 172 g/mol. The fourth-order valence-corrected chi connectivity index (χ4v) is 2.17. The summed E-state index contributed by atoms with van der Waals surface area (Å²) in [6.45, 7) is 5.89. The molecule has 3 atom stereocenters. The Balaban J connectivity index is 2.40. The molecule has 1 aliphatic rings. The summed E-state index contributed by atoms with van der Waals surface area (Å²) in [5.74, 6) is 0.219. The Labute approximate surface area is 87.0 Å². The molecule has 2 heteroatoms. The second-order valence-corrected chi connectivity index (χ2v) is 4.22. The highest BCUT2D eigenvalue weighted by molar-refractivity contribution is 4.95. The van der Waals surface area contributed by atoms with Crippen molar-refractivity contribution in [2.24, 2.45) is 5.92 Å². The monoisotopic (exact) mass is 192 g/mol. The molecule has 1 aliphatic carbocycles. The number of nitrogens with one attached hydrogen (secondary N) is 1. The van der Waals surface area contributed by atoms with E-state index in [-0.39, 0.29) is 5.92 Å². The molecule has 0 amide bonds. The first-order valence-corrected chi connectivity index (χ1v) is 5.54. The van der Waals surface area contributed by atoms with E-state index in [4.69, 9.17) is 5.26 Å². The fraction of sp³-hybridized carbons (Fsp3) is 0.750. The molecule has 0 radical (unpaired) electrons. The Morgan fingerprint density at radius 2 is 2.29 bits per heavy atom. The van der Waals surface area contributed by atoms with Gasteiger partial charge in [0.1, 0.15) is 0 Å². The quantitative estimate of drug-likeness (QED) is 0.695. The zero-order valence-corrected chi connectivity index (χ0v) is 9.00. The van der Waals surface area contributed by atoms with Gasteiger partial charge in [0.2, 0.25) is 0 Å². The highest BCUT2D eigenvalue weighted by Crippen LogP contribution is 2.24. The topological polar surface area (TPSA) is 35.8 Å². The van der Waals surface area contributed by atoms with Crippen LogP contribution in [-0.2, 0) is 0 Å². The third-order valence-corrected chi connectivity index (χ3v) is 2.95. The van der Waals surface area contributed by atoms with Crippen LogP contribution in [-0.4, -0.2) is 12.1 Å². The molecule has 1 saturated carbocycles. The third kappa shape index (κ3) is 3.16. The van der Waals surface area contributed by atoms with Crippen LogP contribution in [0.4, 0.5) is 0 Å². The normalized spacial score (nSPS) is 29.1. The molecule has 0 aromatic heterocycles. The van der Waals surface area contributed by atoms with Crippen LogP contribution in [0.15, 0.2) is 12.7 Å². The minimum atomic E-state index is 0.219. The first-order chi connectivity index (χ1) is 6.77. The van der Waals surface area contributed by atoms with Crippen molar-refractivity contribution < 1.29 is 0 Å². The Morgan fingerprint density at radius 1 is 1.57 bits per heavy atom. The van der Waals surface area contributed by atoms with Crippen LogP contribution < -0.4 is 5.32 Å². The van der Waals surface area contributed by atoms with Gasteiger partial charge in [0.25, 0.3) is 0 Å². The van der Waals surface area contributed by atoms with Crippen molar-refractivity contribution in [3.05, 3.63) is 12.7 Å². The highest BCUT2D eigenvalue weighted by Gasteiger charge is 2.25. The predicted octanol–water partition coefficient (Wildman–Crippen LogP) is 2.62. The lowest BCUT2D eigenvalue weighted by molar-refractivity contribution is 0.291. The van der Waals surface area contributed by atoms with Gasteiger partial charge in [0, 0.05) is 12.1 Å². The van der Waals surface area contributed by atoms with Crippen LogP contribution in [0.25, 0.3) is 0 Å². The summed E-state index contributed by atoms with van der Waals surface area (Å²) in [7, 11) is 0. The molecule has 14 heavy (non-hydrogen) atoms. The maximum Gasteiger partial charge on any atom is 0.0672 e. The van der Waals surface area contributed by atoms with Gasteiger partial charge in [0.15, 0.2) is 0 Å². The number of hydrogen-bond acceptors (Lipinski definition) is 2. The van der Waals surface area contributed by atoms with Crippen LogP contribution >= 0.6 is 0 Å². The van der Waals surface area contributed by atoms with E-state index in [2.05, 4.69) is 24.9 Å². The summed E-state index contributed by atoms with van der Waals surface area (Å²) in [6.07, 6.45) is 7.61. The van der Waals surface area contributed by atoms with Gasteiger partial charge in [-0.3, -0.25) is 0 Å². The molecule has 0 bridgehead atoms. The maximum absolute atomic E-state index is 8.99. The van der Waals surface area contributed by atoms with Gasteiger partial charge >= 0.3 is 0 Å². The maximum atomic E-state index is 8.99. The van der Waals surface area contributed by atoms with Crippen molar-refractivity contribution in [2.75, 3.05) is 0 Å². The summed E-state index contributed by atoms with van der Waals surface area (Å²) < 4.78 is 0. The zero-order valence-electron chi connectivity index (χ0n) is 9.00. The molecule has 1 rings (SSSR count). The molecular formula is C12H20N2. The first kappa shape index (κ1) is 11.3. The molecule has 78 valence electrons. The number of hydrogen-bond donors (Lipinski definition) is 1. The first-order valence-electron chi connectivity index (χ1n) is 5.54. The standard InChI is InChI=1S/C12H20N2/c1-3-6-10(2)14-12-8-5-4-7-11(12)9-13/h3,10-12,14H,1,4-8H2,2H3. The van der Waals surface area contributed by atoms with E-state index in [1.54, 1.807) is 0 Å². The van der Waals surface area contributed by atoms with E-state index in [1.807, 2.05) is 6.08 Å². The Bertz CT molecular complexity index is 217. The average molecular weight is 192 g/mol. The van der Waals surface area contributed by atoms with Crippen molar-refractivity contribution in [3.8, 4) is 6.07 Å². The van der Waals surface area contributed by atoms with Crippen LogP contribution in [0.1, 0.15) is 39.0 Å². The lowest BCUT2D eigenvalue weighted by Gasteiger charge is -2.30. The SMILES string of the molecule is C=CCC(C)NC1CCCCC1C#N. The van der Waals surface area contributed by atoms with Gasteiger partial charge in [-0.05, 0) is 26.2 Å². The van der Waals surface area contributed by atoms with Gasteiger partial charge in [-0.1, -0.05) is 18.9 Å². The van der Waals surface area contributed by atoms with E-state index in [0.717, 1.165) is 19.3 Å². The molecule has 0 aromatic rings. The highest BCUT2D eigenvalue weighted by atomic mass is 14.9. The van der Waals surface area contributed by atoms with E-state index in [9.17, 15) is 0 Å². The van der Waals surface area contributed by atoms with Crippen molar-refractivity contribution in [2.45, 2.75) is 51.1 Å². The minimum absolute atomic E-state index is 0.219. The van der Waals surface area contributed by atoms with Crippen LogP contribution in [0.2, 0.25) is 0 Å². The number of nitrogens with zero attached hydrogens (tertiary/aromatic N) is 1. The lowest BCUT2D eigenvalue weighted by Crippen LogP contribution is -2.42. The Kier molecular flexibility index (Phi) is 4.69. The fourth-order valence-electron chi connectivity index (χ4n) is 2.17. The van der Waals surface area contributed by atoms with E-state index in [1.165, 1.54) is 12.8 Å². The Hall–Kier alpha value is -0.810. The van der Waals surface area contributed by atoms with E-state index >= 15 is 0 Å². The molecule has 0 spiro atoms. The average Bonchev–Trinajstić information content (AvgIpc) is 2.19. The molecule has 0 aromatic carbocycles. The van der Waals surface area contributed by atoms with Gasteiger partial charge < -0.3 is 5.32 Å². The molecule has 0 saturated heterocycles. The van der Waals surface area contributed by atoms with Crippen LogP contribution in [0, 0.1) is 17.2 Å². The molecule has 1 N–H and O–H groups in total. The van der Waals surface area contributed by atoms with Crippen molar-refractivity contribution in [3.63, 3.8) is 0 Å². The van der Waals surface area contributed by atoms with Crippen molar-refractivity contribution in [1.82, 2.24) is 5.32 Å². The van der Waals surface area contributed by atoms with Gasteiger partial charge in [0.05, 0.1) is 12.0 Å². The van der Waals surface area contributed by atoms with Gasteiger partial charge in [-0.15, -0.1) is 6.58 Å². The Morgan fingerprint density at radius 3 is 2.93 bits per heavy atom. The molecule has 1 fully saturated rings. The number of rotatable bonds is 4. The molecule has 0 heterocycles. The molecule has 0 aliphatic heterocycles. The number of nitriles is 1. The summed E-state index contributed by atoms with van der Waals surface area (Å²) in [6, 6.07) is 3.27. The van der Waals surface area contributed by atoms with Gasteiger partial charge in [-0.25, -0.2) is 0 Å². The van der Waals surface area contributed by atoms with E-state index < -0.39 is 0 Å². The largest absolute Gasteiger partial charge is 0.310 e. The second-order valence-electron chi connectivity index (χ2n) is 4.22. The van der Waals surface area contributed by atoms with Crippen molar-refractivity contribution >= 4 is 0 Å². The summed E-state index contributed by atoms with van der Waals surface area (Å²) in [4.78, 5) is 0. The lowest BCUT2D eigenvalue weighted by atomic mass is 9.85. The third-order valence-electron chi connectivity index (χ3n) is 2.95. The second kappa shape index (κ2) is 5.82. The van der Waals surface area contributed by atoms with Crippen LogP contribution in [0.5, 0.6) is 0 Å². The van der Waals surface area contributed by atoms with E-state index in [0.29, 0.717) is 12.1 Å². The summed E-state index contributed by atoms with van der Waals surface area (Å²) >= 11 is 0. The molecule has 3 unspecified atom stereocenters. The smallest absolute Gasteiger partial charge is 0.0672 e.